The molecule has 0 saturated carbocycles. The number of carbonyl (C=O) groups is 1. The van der Waals surface area contributed by atoms with E-state index < -0.39 is 18.6 Å². The molecule has 6 nitrogen and oxygen atoms in total. The Kier molecular flexibility index (Phi) is 5.59. The summed E-state index contributed by atoms with van der Waals surface area (Å²) in [6.45, 7) is 1.98. The lowest BCUT2D eigenvalue weighted by Gasteiger charge is -2.23. The quantitative estimate of drug-likeness (QED) is 0.619. The Bertz CT molecular complexity index is 1040. The summed E-state index contributed by atoms with van der Waals surface area (Å²) < 4.78 is 44.9. The van der Waals surface area contributed by atoms with Crippen molar-refractivity contribution in [2.45, 2.75) is 39.5 Å². The van der Waals surface area contributed by atoms with Gasteiger partial charge in [-0.15, -0.1) is 11.3 Å². The number of hydrogen-bond donors (Lipinski definition) is 0. The number of halogens is 3. The Labute approximate surface area is 162 Å². The van der Waals surface area contributed by atoms with Gasteiger partial charge in [0.05, 0.1) is 24.5 Å². The van der Waals surface area contributed by atoms with Gasteiger partial charge in [-0.1, -0.05) is 0 Å². The van der Waals surface area contributed by atoms with Crippen LogP contribution in [0.5, 0.6) is 0 Å². The van der Waals surface area contributed by atoms with Crippen LogP contribution in [0.15, 0.2) is 33.9 Å². The molecule has 0 saturated heterocycles. The summed E-state index contributed by atoms with van der Waals surface area (Å²) in [5, 5.41) is 0.486. The molecule has 0 N–H and O–H groups in total. The maximum atomic E-state index is 12.9. The molecule has 3 aromatic rings. The number of aryl methyl sites for hydroxylation is 3. The van der Waals surface area contributed by atoms with Crippen molar-refractivity contribution in [2.75, 3.05) is 6.54 Å². The van der Waals surface area contributed by atoms with E-state index in [0.29, 0.717) is 15.1 Å². The summed E-state index contributed by atoms with van der Waals surface area (Å²) in [6.07, 6.45) is -2.14. The molecule has 1 amide bonds. The van der Waals surface area contributed by atoms with E-state index in [1.54, 1.807) is 0 Å². The van der Waals surface area contributed by atoms with E-state index in [1.165, 1.54) is 40.6 Å². The fraction of sp³-hybridized carbons (Fsp3) is 0.389. The third-order valence-corrected chi connectivity index (χ3v) is 5.49. The van der Waals surface area contributed by atoms with Crippen molar-refractivity contribution in [3.63, 3.8) is 0 Å². The zero-order valence-electron chi connectivity index (χ0n) is 15.2. The molecule has 3 aromatic heterocycles. The van der Waals surface area contributed by atoms with E-state index in [4.69, 9.17) is 4.42 Å². The van der Waals surface area contributed by atoms with E-state index in [1.807, 2.05) is 13.8 Å². The molecule has 0 fully saturated rings. The number of amides is 1. The number of rotatable bonds is 6. The van der Waals surface area contributed by atoms with Gasteiger partial charge in [0.2, 0.25) is 5.91 Å². The van der Waals surface area contributed by atoms with Crippen molar-refractivity contribution in [3.8, 4) is 0 Å². The summed E-state index contributed by atoms with van der Waals surface area (Å²) >= 11 is 1.40. The lowest BCUT2D eigenvalue weighted by atomic mass is 10.2. The Morgan fingerprint density at radius 3 is 2.75 bits per heavy atom. The predicted molar refractivity (Wildman–Crippen MR) is 98.2 cm³/mol. The van der Waals surface area contributed by atoms with Crippen LogP contribution in [0, 0.1) is 13.8 Å². The second-order valence-electron chi connectivity index (χ2n) is 6.40. The monoisotopic (exact) mass is 413 g/mol. The van der Waals surface area contributed by atoms with Gasteiger partial charge < -0.3 is 9.32 Å². The smallest absolute Gasteiger partial charge is 0.406 e. The lowest BCUT2D eigenvalue weighted by Crippen LogP contribution is -2.39. The maximum Gasteiger partial charge on any atom is 0.406 e. The highest BCUT2D eigenvalue weighted by Gasteiger charge is 2.33. The molecule has 3 rings (SSSR count). The first-order valence-electron chi connectivity index (χ1n) is 8.48. The molecule has 0 radical (unpaired) electrons. The van der Waals surface area contributed by atoms with Crippen molar-refractivity contribution in [1.82, 2.24) is 14.5 Å². The third kappa shape index (κ3) is 4.44. The second kappa shape index (κ2) is 7.78. The first-order chi connectivity index (χ1) is 13.2. The number of thiophene rings is 1. The number of fused-ring (bicyclic) bond motifs is 1. The van der Waals surface area contributed by atoms with Gasteiger partial charge >= 0.3 is 6.18 Å². The predicted octanol–water partition coefficient (Wildman–Crippen LogP) is 3.65. The standard InChI is InChI=1S/C18H18F3N3O3S/c1-11-12(2)28-16-15(11)17(26)23(10-22-16)6-5-14(25)24(9-18(19,20)21)8-13-4-3-7-27-13/h3-4,7,10H,5-6,8-9H2,1-2H3. The first kappa shape index (κ1) is 20.1. The summed E-state index contributed by atoms with van der Waals surface area (Å²) in [5.74, 6) is -0.471. The zero-order valence-corrected chi connectivity index (χ0v) is 16.1. The van der Waals surface area contributed by atoms with Crippen LogP contribution in [0.1, 0.15) is 22.6 Å². The van der Waals surface area contributed by atoms with E-state index in [2.05, 4.69) is 4.98 Å². The van der Waals surface area contributed by atoms with Gasteiger partial charge in [0.15, 0.2) is 0 Å². The first-order valence-corrected chi connectivity index (χ1v) is 9.29. The van der Waals surface area contributed by atoms with Gasteiger partial charge in [0, 0.05) is 17.8 Å². The maximum absolute atomic E-state index is 12.9. The summed E-state index contributed by atoms with van der Waals surface area (Å²) in [4.78, 5) is 31.5. The highest BCUT2D eigenvalue weighted by atomic mass is 32.1. The largest absolute Gasteiger partial charge is 0.467 e. The van der Waals surface area contributed by atoms with Gasteiger partial charge in [0.25, 0.3) is 5.56 Å². The van der Waals surface area contributed by atoms with Crippen molar-refractivity contribution in [2.24, 2.45) is 0 Å². The van der Waals surface area contributed by atoms with Gasteiger partial charge in [-0.25, -0.2) is 4.98 Å². The fourth-order valence-corrected chi connectivity index (χ4v) is 3.83. The van der Waals surface area contributed by atoms with E-state index in [0.717, 1.165) is 10.4 Å². The average molecular weight is 413 g/mol. The molecule has 10 heteroatoms. The molecule has 28 heavy (non-hydrogen) atoms. The molecular weight excluding hydrogens is 395 g/mol. The average Bonchev–Trinajstić information content (AvgIpc) is 3.21. The van der Waals surface area contributed by atoms with Crippen LogP contribution in [0.2, 0.25) is 0 Å². The minimum absolute atomic E-state index is 0.0541. The lowest BCUT2D eigenvalue weighted by molar-refractivity contribution is -0.163. The molecular formula is C18H18F3N3O3S. The van der Waals surface area contributed by atoms with Crippen LogP contribution < -0.4 is 5.56 Å². The SMILES string of the molecule is Cc1sc2ncn(CCC(=O)N(Cc3ccco3)CC(F)(F)F)c(=O)c2c1C. The van der Waals surface area contributed by atoms with Gasteiger partial charge in [-0.3, -0.25) is 14.2 Å². The van der Waals surface area contributed by atoms with Crippen molar-refractivity contribution >= 4 is 27.5 Å². The molecule has 0 aliphatic rings. The molecule has 0 aliphatic carbocycles. The Balaban J connectivity index is 1.76. The van der Waals surface area contributed by atoms with Crippen LogP contribution in [0.4, 0.5) is 13.2 Å². The number of carbonyl (C=O) groups excluding carboxylic acids is 1. The van der Waals surface area contributed by atoms with Gasteiger partial charge in [0.1, 0.15) is 17.1 Å². The van der Waals surface area contributed by atoms with Crippen LogP contribution in [-0.2, 0) is 17.9 Å². The molecule has 0 aliphatic heterocycles. The van der Waals surface area contributed by atoms with Gasteiger partial charge in [-0.05, 0) is 31.5 Å². The number of furan rings is 1. The minimum atomic E-state index is -4.54. The molecule has 0 bridgehead atoms. The molecule has 0 atom stereocenters. The van der Waals surface area contributed by atoms with Crippen molar-refractivity contribution < 1.29 is 22.4 Å². The summed E-state index contributed by atoms with van der Waals surface area (Å²) in [5.41, 5.74) is 0.530. The highest BCUT2D eigenvalue weighted by molar-refractivity contribution is 7.18. The topological polar surface area (TPSA) is 68.3 Å². The molecule has 0 unspecified atom stereocenters. The van der Waals surface area contributed by atoms with Crippen LogP contribution in [0.25, 0.3) is 10.2 Å². The summed E-state index contributed by atoms with van der Waals surface area (Å²) in [6, 6.07) is 3.04. The fourth-order valence-electron chi connectivity index (χ4n) is 2.84. The van der Waals surface area contributed by atoms with Crippen LogP contribution >= 0.6 is 11.3 Å². The Morgan fingerprint density at radius 2 is 2.11 bits per heavy atom. The Morgan fingerprint density at radius 1 is 1.36 bits per heavy atom. The normalized spacial score (nSPS) is 11.9. The number of aromatic nitrogens is 2. The van der Waals surface area contributed by atoms with E-state index in [-0.39, 0.29) is 30.8 Å². The molecule has 150 valence electrons. The third-order valence-electron chi connectivity index (χ3n) is 4.37. The highest BCUT2D eigenvalue weighted by Crippen LogP contribution is 2.25. The molecule has 0 aromatic carbocycles. The second-order valence-corrected chi connectivity index (χ2v) is 7.60. The number of alkyl halides is 3. The number of hydrogen-bond acceptors (Lipinski definition) is 5. The minimum Gasteiger partial charge on any atom is -0.467 e. The number of nitrogens with zero attached hydrogens (tertiary/aromatic N) is 3. The summed E-state index contributed by atoms with van der Waals surface area (Å²) in [7, 11) is 0. The van der Waals surface area contributed by atoms with Crippen molar-refractivity contribution in [1.29, 1.82) is 0 Å². The van der Waals surface area contributed by atoms with E-state index in [9.17, 15) is 22.8 Å². The Hall–Kier alpha value is -2.62. The van der Waals surface area contributed by atoms with Crippen molar-refractivity contribution in [3.05, 3.63) is 51.3 Å². The molecule has 0 spiro atoms. The zero-order chi connectivity index (χ0) is 20.5. The van der Waals surface area contributed by atoms with Gasteiger partial charge in [-0.2, -0.15) is 13.2 Å². The van der Waals surface area contributed by atoms with E-state index >= 15 is 0 Å². The van der Waals surface area contributed by atoms with Crippen LogP contribution in [-0.4, -0.2) is 33.1 Å². The molecule has 3 heterocycles. The van der Waals surface area contributed by atoms with Crippen LogP contribution in [0.3, 0.4) is 0 Å².